The van der Waals surface area contributed by atoms with Crippen molar-refractivity contribution in [1.82, 2.24) is 4.90 Å². The van der Waals surface area contributed by atoms with Gasteiger partial charge >= 0.3 is 0 Å². The fraction of sp³-hybridized carbons (Fsp3) is 1.00. The first kappa shape index (κ1) is 8.37. The largest absolute Gasteiger partial charge is 0.391 e. The van der Waals surface area contributed by atoms with Crippen LogP contribution >= 0.6 is 11.8 Å². The van der Waals surface area contributed by atoms with Crippen molar-refractivity contribution in [3.8, 4) is 0 Å². The number of nitrogens with zero attached hydrogens (tertiary/aromatic N) is 1. The minimum atomic E-state index is -0.0857. The van der Waals surface area contributed by atoms with Crippen LogP contribution in [0.3, 0.4) is 0 Å². The molecule has 0 unspecified atom stereocenters. The van der Waals surface area contributed by atoms with Gasteiger partial charge in [-0.15, -0.1) is 0 Å². The van der Waals surface area contributed by atoms with Gasteiger partial charge in [-0.05, 0) is 19.1 Å². The minimum absolute atomic E-state index is 0.0857. The molecule has 2 nitrogen and oxygen atoms in total. The van der Waals surface area contributed by atoms with Crippen molar-refractivity contribution in [3.05, 3.63) is 0 Å². The number of likely N-dealkylation sites (N-methyl/N-ethyl adjacent to an activating group) is 1. The molecule has 0 aromatic heterocycles. The lowest BCUT2D eigenvalue weighted by molar-refractivity contribution is 0.152. The summed E-state index contributed by atoms with van der Waals surface area (Å²) in [6.45, 7) is 1.91. The fourth-order valence-electron chi connectivity index (χ4n) is 1.44. The lowest BCUT2D eigenvalue weighted by atomic mass is 10.1. The second-order valence-corrected chi connectivity index (χ2v) is 3.91. The fourth-order valence-corrected chi connectivity index (χ4v) is 2.20. The lowest BCUT2D eigenvalue weighted by Gasteiger charge is -2.10. The first-order valence-electron chi connectivity index (χ1n) is 3.59. The molecular weight excluding hydrogens is 146 g/mol. The Labute approximate surface area is 66.6 Å². The van der Waals surface area contributed by atoms with E-state index >= 15 is 0 Å². The average molecular weight is 161 g/mol. The standard InChI is InChI=1S/C7H15NOS/c1-8-3-6(5-10-2)7(9)4-8/h6-7,9H,3-5H2,1-2H3/t6-,7-/m1/s1. The molecule has 1 heterocycles. The number of thioether (sulfide) groups is 1. The summed E-state index contributed by atoms with van der Waals surface area (Å²) >= 11 is 1.82. The van der Waals surface area contributed by atoms with E-state index in [1.54, 1.807) is 0 Å². The summed E-state index contributed by atoms with van der Waals surface area (Å²) in [6, 6.07) is 0. The monoisotopic (exact) mass is 161 g/mol. The maximum absolute atomic E-state index is 9.44. The van der Waals surface area contributed by atoms with Gasteiger partial charge in [0.1, 0.15) is 0 Å². The Morgan fingerprint density at radius 1 is 1.60 bits per heavy atom. The number of hydrogen-bond acceptors (Lipinski definition) is 3. The molecule has 3 heteroatoms. The van der Waals surface area contributed by atoms with E-state index in [2.05, 4.69) is 18.2 Å². The quantitative estimate of drug-likeness (QED) is 0.629. The highest BCUT2D eigenvalue weighted by Crippen LogP contribution is 2.18. The lowest BCUT2D eigenvalue weighted by Crippen LogP contribution is -2.19. The zero-order chi connectivity index (χ0) is 7.56. The molecule has 0 aromatic carbocycles. The van der Waals surface area contributed by atoms with Gasteiger partial charge in [-0.1, -0.05) is 0 Å². The van der Waals surface area contributed by atoms with Crippen molar-refractivity contribution in [1.29, 1.82) is 0 Å². The van der Waals surface area contributed by atoms with Crippen molar-refractivity contribution < 1.29 is 5.11 Å². The highest BCUT2D eigenvalue weighted by Gasteiger charge is 2.27. The van der Waals surface area contributed by atoms with Gasteiger partial charge < -0.3 is 10.0 Å². The molecule has 0 saturated carbocycles. The molecule has 0 aliphatic carbocycles. The van der Waals surface area contributed by atoms with Gasteiger partial charge in [-0.25, -0.2) is 0 Å². The Balaban J connectivity index is 2.31. The van der Waals surface area contributed by atoms with E-state index in [-0.39, 0.29) is 6.10 Å². The Bertz CT molecular complexity index is 110. The van der Waals surface area contributed by atoms with Crippen molar-refractivity contribution in [2.45, 2.75) is 6.10 Å². The molecule has 1 aliphatic rings. The van der Waals surface area contributed by atoms with Crippen LogP contribution in [0.1, 0.15) is 0 Å². The third kappa shape index (κ3) is 1.87. The van der Waals surface area contributed by atoms with Gasteiger partial charge in [-0.2, -0.15) is 11.8 Å². The van der Waals surface area contributed by atoms with Crippen LogP contribution < -0.4 is 0 Å². The van der Waals surface area contributed by atoms with E-state index in [0.717, 1.165) is 18.8 Å². The Morgan fingerprint density at radius 3 is 2.70 bits per heavy atom. The first-order chi connectivity index (χ1) is 4.74. The van der Waals surface area contributed by atoms with Crippen LogP contribution in [0, 0.1) is 5.92 Å². The van der Waals surface area contributed by atoms with Crippen LogP contribution in [-0.2, 0) is 0 Å². The van der Waals surface area contributed by atoms with Crippen molar-refractivity contribution in [3.63, 3.8) is 0 Å². The summed E-state index contributed by atoms with van der Waals surface area (Å²) in [5, 5.41) is 9.44. The molecule has 1 N–H and O–H groups in total. The summed E-state index contributed by atoms with van der Waals surface area (Å²) < 4.78 is 0. The Morgan fingerprint density at radius 2 is 2.30 bits per heavy atom. The predicted molar refractivity (Wildman–Crippen MR) is 45.4 cm³/mol. The van der Waals surface area contributed by atoms with Crippen LogP contribution in [0.25, 0.3) is 0 Å². The topological polar surface area (TPSA) is 23.5 Å². The van der Waals surface area contributed by atoms with E-state index in [4.69, 9.17) is 0 Å². The van der Waals surface area contributed by atoms with Crippen LogP contribution in [0.2, 0.25) is 0 Å². The van der Waals surface area contributed by atoms with Crippen LogP contribution in [0.5, 0.6) is 0 Å². The maximum atomic E-state index is 9.44. The third-order valence-electron chi connectivity index (χ3n) is 1.97. The van der Waals surface area contributed by atoms with E-state index < -0.39 is 0 Å². The predicted octanol–water partition coefficient (Wildman–Crippen LogP) is 0.272. The number of β-amino-alcohol motifs (C(OH)–C–C–N with tert-alkyl or cyclic N) is 1. The molecule has 0 spiro atoms. The molecule has 0 aromatic rings. The number of likely N-dealkylation sites (tertiary alicyclic amines) is 1. The molecule has 1 rings (SSSR count). The highest BCUT2D eigenvalue weighted by atomic mass is 32.2. The molecule has 0 bridgehead atoms. The van der Waals surface area contributed by atoms with Gasteiger partial charge in [0.15, 0.2) is 0 Å². The summed E-state index contributed by atoms with van der Waals surface area (Å²) in [5.74, 6) is 1.59. The molecule has 2 atom stereocenters. The molecule has 1 saturated heterocycles. The zero-order valence-corrected chi connectivity index (χ0v) is 7.40. The molecule has 60 valence electrons. The van der Waals surface area contributed by atoms with Gasteiger partial charge in [0, 0.05) is 19.0 Å². The second kappa shape index (κ2) is 3.60. The van der Waals surface area contributed by atoms with Gasteiger partial charge in [0.2, 0.25) is 0 Å². The number of aliphatic hydroxyl groups excluding tert-OH is 1. The van der Waals surface area contributed by atoms with Crippen LogP contribution in [-0.4, -0.2) is 48.3 Å². The Hall–Kier alpha value is 0.270. The number of aliphatic hydroxyl groups is 1. The third-order valence-corrected chi connectivity index (χ3v) is 2.73. The first-order valence-corrected chi connectivity index (χ1v) is 4.99. The SMILES string of the molecule is CSC[C@H]1CN(C)C[C@H]1O. The molecular formula is C7H15NOS. The van der Waals surface area contributed by atoms with Crippen molar-refractivity contribution in [2.24, 2.45) is 5.92 Å². The molecule has 0 amide bonds. The summed E-state index contributed by atoms with van der Waals surface area (Å²) in [7, 11) is 2.06. The summed E-state index contributed by atoms with van der Waals surface area (Å²) in [4.78, 5) is 2.19. The van der Waals surface area contributed by atoms with E-state index in [0.29, 0.717) is 5.92 Å². The van der Waals surface area contributed by atoms with Gasteiger partial charge in [-0.3, -0.25) is 0 Å². The molecule has 10 heavy (non-hydrogen) atoms. The Kier molecular flexibility index (Phi) is 3.01. The molecule has 0 radical (unpaired) electrons. The smallest absolute Gasteiger partial charge is 0.0715 e. The van der Waals surface area contributed by atoms with Crippen LogP contribution in [0.4, 0.5) is 0 Å². The van der Waals surface area contributed by atoms with Crippen molar-refractivity contribution in [2.75, 3.05) is 32.1 Å². The zero-order valence-electron chi connectivity index (χ0n) is 6.58. The molecule has 1 fully saturated rings. The maximum Gasteiger partial charge on any atom is 0.0715 e. The molecule has 1 aliphatic heterocycles. The van der Waals surface area contributed by atoms with E-state index in [9.17, 15) is 5.11 Å². The van der Waals surface area contributed by atoms with Crippen LogP contribution in [0.15, 0.2) is 0 Å². The van der Waals surface area contributed by atoms with Gasteiger partial charge in [0.05, 0.1) is 6.10 Å². The summed E-state index contributed by atoms with van der Waals surface area (Å²) in [6.07, 6.45) is 2.00. The number of rotatable bonds is 2. The van der Waals surface area contributed by atoms with Crippen molar-refractivity contribution >= 4 is 11.8 Å². The highest BCUT2D eigenvalue weighted by molar-refractivity contribution is 7.98. The minimum Gasteiger partial charge on any atom is -0.391 e. The second-order valence-electron chi connectivity index (χ2n) is 3.00. The number of hydrogen-bond donors (Lipinski definition) is 1. The summed E-state index contributed by atoms with van der Waals surface area (Å²) in [5.41, 5.74) is 0. The van der Waals surface area contributed by atoms with Gasteiger partial charge in [0.25, 0.3) is 0 Å². The average Bonchev–Trinajstić information content (AvgIpc) is 2.13. The van der Waals surface area contributed by atoms with E-state index in [1.807, 2.05) is 11.8 Å². The van der Waals surface area contributed by atoms with E-state index in [1.165, 1.54) is 0 Å². The normalized spacial score (nSPS) is 35.1.